The molecule has 0 spiro atoms. The van der Waals surface area contributed by atoms with E-state index in [0.717, 1.165) is 21.7 Å². The Balaban J connectivity index is 1.67. The van der Waals surface area contributed by atoms with Gasteiger partial charge < -0.3 is 4.74 Å². The van der Waals surface area contributed by atoms with Gasteiger partial charge >= 0.3 is 6.18 Å². The highest BCUT2D eigenvalue weighted by Crippen LogP contribution is 2.32. The average molecular weight is 423 g/mol. The molecule has 0 aliphatic rings. The molecule has 4 aromatic rings. The second-order valence-corrected chi connectivity index (χ2v) is 6.59. The molecule has 3 aromatic heterocycles. The van der Waals surface area contributed by atoms with Crippen molar-refractivity contribution in [3.63, 3.8) is 0 Å². The Morgan fingerprint density at radius 2 is 1.86 bits per heavy atom. The summed E-state index contributed by atoms with van der Waals surface area (Å²) in [4.78, 5) is 8.15. The highest BCUT2D eigenvalue weighted by Gasteiger charge is 2.35. The predicted octanol–water partition coefficient (Wildman–Crippen LogP) is 4.30. The first-order valence-electron chi connectivity index (χ1n) is 8.45. The van der Waals surface area contributed by atoms with E-state index in [4.69, 9.17) is 16.3 Å². The average Bonchev–Trinajstić information content (AvgIpc) is 3.31. The Bertz CT molecular complexity index is 1170. The summed E-state index contributed by atoms with van der Waals surface area (Å²) in [7, 11) is 1.29. The van der Waals surface area contributed by atoms with E-state index in [1.54, 1.807) is 41.3 Å². The molecule has 0 saturated heterocycles. The van der Waals surface area contributed by atoms with E-state index in [0.29, 0.717) is 11.3 Å². The quantitative estimate of drug-likeness (QED) is 0.458. The largest absolute Gasteiger partial charge is 0.481 e. The Labute approximate surface area is 167 Å². The predicted molar refractivity (Wildman–Crippen MR) is 99.3 cm³/mol. The Morgan fingerprint density at radius 3 is 2.52 bits per heavy atom. The normalized spacial score (nSPS) is 13.0. The summed E-state index contributed by atoms with van der Waals surface area (Å²) in [5.41, 5.74) is 0.871. The lowest BCUT2D eigenvalue weighted by molar-refractivity contribution is -0.141. The third kappa shape index (κ3) is 3.51. The zero-order valence-corrected chi connectivity index (χ0v) is 16.0. The molecular weight excluding hydrogens is 409 g/mol. The van der Waals surface area contributed by atoms with Gasteiger partial charge in [0.15, 0.2) is 11.3 Å². The molecule has 0 N–H and O–H groups in total. The molecule has 7 nitrogen and oxygen atoms in total. The monoisotopic (exact) mass is 422 g/mol. The van der Waals surface area contributed by atoms with Gasteiger partial charge in [-0.05, 0) is 36.2 Å². The lowest BCUT2D eigenvalue weighted by atomic mass is 10.1. The first kappa shape index (κ1) is 19.2. The first-order chi connectivity index (χ1) is 13.8. The van der Waals surface area contributed by atoms with Crippen LogP contribution >= 0.6 is 11.6 Å². The van der Waals surface area contributed by atoms with Gasteiger partial charge in [-0.25, -0.2) is 14.3 Å². The van der Waals surface area contributed by atoms with Crippen molar-refractivity contribution in [3.05, 3.63) is 59.3 Å². The van der Waals surface area contributed by atoms with Crippen LogP contribution in [0.5, 0.6) is 5.88 Å². The van der Waals surface area contributed by atoms with E-state index >= 15 is 0 Å². The van der Waals surface area contributed by atoms with Crippen molar-refractivity contribution in [2.24, 2.45) is 0 Å². The van der Waals surface area contributed by atoms with E-state index in [1.807, 2.05) is 6.92 Å². The summed E-state index contributed by atoms with van der Waals surface area (Å²) in [6.07, 6.45) is -1.33. The minimum Gasteiger partial charge on any atom is -0.481 e. The highest BCUT2D eigenvalue weighted by molar-refractivity contribution is 6.28. The van der Waals surface area contributed by atoms with Crippen molar-refractivity contribution >= 4 is 22.6 Å². The highest BCUT2D eigenvalue weighted by atomic mass is 35.5. The van der Waals surface area contributed by atoms with Crippen molar-refractivity contribution < 1.29 is 17.9 Å². The zero-order valence-electron chi connectivity index (χ0n) is 15.2. The van der Waals surface area contributed by atoms with Crippen LogP contribution in [0.3, 0.4) is 0 Å². The van der Waals surface area contributed by atoms with Gasteiger partial charge in [0.2, 0.25) is 11.2 Å². The van der Waals surface area contributed by atoms with Crippen LogP contribution in [0.15, 0.2) is 42.7 Å². The molecule has 0 aliphatic carbocycles. The van der Waals surface area contributed by atoms with Gasteiger partial charge in [-0.15, -0.1) is 0 Å². The minimum absolute atomic E-state index is 0.0115. The maximum Gasteiger partial charge on any atom is 0.435 e. The molecule has 0 amide bonds. The molecule has 0 aliphatic heterocycles. The van der Waals surface area contributed by atoms with Crippen LogP contribution in [0.1, 0.15) is 24.2 Å². The van der Waals surface area contributed by atoms with Crippen LogP contribution < -0.4 is 4.74 Å². The third-order valence-corrected chi connectivity index (χ3v) is 4.65. The third-order valence-electron chi connectivity index (χ3n) is 4.47. The standard InChI is InChI=1S/C18H14ClF3N6O/c1-10(27-16-12(9-24-27)8-23-17(19)25-16)11-3-5-13(6-4-11)28-15(29-2)7-14(26-28)18(20,21)22/h3-10H,1-2H3. The van der Waals surface area contributed by atoms with Gasteiger partial charge in [0.1, 0.15) is 0 Å². The Kier molecular flexibility index (Phi) is 4.65. The van der Waals surface area contributed by atoms with E-state index in [1.165, 1.54) is 7.11 Å². The van der Waals surface area contributed by atoms with E-state index in [2.05, 4.69) is 20.2 Å². The van der Waals surface area contributed by atoms with Gasteiger partial charge in [0, 0.05) is 12.3 Å². The first-order valence-corrected chi connectivity index (χ1v) is 8.83. The number of hydrogen-bond acceptors (Lipinski definition) is 5. The molecule has 1 unspecified atom stereocenters. The van der Waals surface area contributed by atoms with Gasteiger partial charge in [0.05, 0.1) is 30.4 Å². The number of halogens is 4. The van der Waals surface area contributed by atoms with Crippen molar-refractivity contribution in [2.75, 3.05) is 7.11 Å². The molecule has 0 radical (unpaired) electrons. The molecule has 0 fully saturated rings. The molecular formula is C18H14ClF3N6O. The second-order valence-electron chi connectivity index (χ2n) is 6.26. The van der Waals surface area contributed by atoms with E-state index in [9.17, 15) is 13.2 Å². The summed E-state index contributed by atoms with van der Waals surface area (Å²) in [5, 5.41) is 8.83. The lowest BCUT2D eigenvalue weighted by Gasteiger charge is -2.14. The SMILES string of the molecule is COc1cc(C(F)(F)F)nn1-c1ccc(C(C)n2ncc3cnc(Cl)nc32)cc1. The Morgan fingerprint density at radius 1 is 1.14 bits per heavy atom. The van der Waals surface area contributed by atoms with Crippen LogP contribution in [0.2, 0.25) is 5.28 Å². The number of benzene rings is 1. The molecule has 1 atom stereocenters. The maximum absolute atomic E-state index is 13.0. The molecule has 0 saturated carbocycles. The zero-order chi connectivity index (χ0) is 20.8. The summed E-state index contributed by atoms with van der Waals surface area (Å²) in [6, 6.07) is 7.55. The van der Waals surface area contributed by atoms with E-state index < -0.39 is 11.9 Å². The number of rotatable bonds is 4. The van der Waals surface area contributed by atoms with Crippen molar-refractivity contribution in [2.45, 2.75) is 19.1 Å². The maximum atomic E-state index is 13.0. The number of nitrogens with zero attached hydrogens (tertiary/aromatic N) is 6. The van der Waals surface area contributed by atoms with Crippen molar-refractivity contribution in [3.8, 4) is 11.6 Å². The number of methoxy groups -OCH3 is 1. The fourth-order valence-electron chi connectivity index (χ4n) is 2.97. The number of ether oxygens (including phenoxy) is 1. The summed E-state index contributed by atoms with van der Waals surface area (Å²) >= 11 is 5.88. The van der Waals surface area contributed by atoms with Crippen LogP contribution in [0.4, 0.5) is 13.2 Å². The fraction of sp³-hybridized carbons (Fsp3) is 0.222. The summed E-state index contributed by atoms with van der Waals surface area (Å²) in [5.74, 6) is -0.0115. The molecule has 3 heterocycles. The Hall–Kier alpha value is -3.14. The van der Waals surface area contributed by atoms with Gasteiger partial charge in [-0.3, -0.25) is 0 Å². The fourth-order valence-corrected chi connectivity index (χ4v) is 3.10. The van der Waals surface area contributed by atoms with Crippen LogP contribution in [-0.4, -0.2) is 36.6 Å². The van der Waals surface area contributed by atoms with Crippen LogP contribution in [-0.2, 0) is 6.18 Å². The molecule has 4 rings (SSSR count). The number of alkyl halides is 3. The summed E-state index contributed by atoms with van der Waals surface area (Å²) in [6.45, 7) is 1.92. The second kappa shape index (κ2) is 7.03. The lowest BCUT2D eigenvalue weighted by Crippen LogP contribution is -2.10. The van der Waals surface area contributed by atoms with Gasteiger partial charge in [0.25, 0.3) is 0 Å². The smallest absolute Gasteiger partial charge is 0.435 e. The molecule has 29 heavy (non-hydrogen) atoms. The molecule has 1 aromatic carbocycles. The van der Waals surface area contributed by atoms with Crippen LogP contribution in [0, 0.1) is 0 Å². The van der Waals surface area contributed by atoms with Crippen molar-refractivity contribution in [1.82, 2.24) is 29.5 Å². The van der Waals surface area contributed by atoms with Crippen LogP contribution in [0.25, 0.3) is 16.7 Å². The molecule has 150 valence electrons. The van der Waals surface area contributed by atoms with Gasteiger partial charge in [-0.2, -0.15) is 28.4 Å². The summed E-state index contributed by atoms with van der Waals surface area (Å²) < 4.78 is 46.7. The van der Waals surface area contributed by atoms with Gasteiger partial charge in [-0.1, -0.05) is 12.1 Å². The molecule has 0 bridgehead atoms. The van der Waals surface area contributed by atoms with E-state index in [-0.39, 0.29) is 17.2 Å². The number of aromatic nitrogens is 6. The minimum atomic E-state index is -4.56. The topological polar surface area (TPSA) is 70.7 Å². The van der Waals surface area contributed by atoms with Crippen molar-refractivity contribution in [1.29, 1.82) is 0 Å². The number of fused-ring (bicyclic) bond motifs is 1. The molecule has 11 heteroatoms. The number of hydrogen-bond donors (Lipinski definition) is 0.